The van der Waals surface area contributed by atoms with E-state index in [1.165, 1.54) is 17.2 Å². The lowest BCUT2D eigenvalue weighted by Gasteiger charge is -2.55. The van der Waals surface area contributed by atoms with Crippen molar-refractivity contribution in [3.63, 3.8) is 0 Å². The third-order valence-electron chi connectivity index (χ3n) is 5.43. The number of aromatic nitrogens is 1. The van der Waals surface area contributed by atoms with Crippen molar-refractivity contribution in [3.8, 4) is 0 Å². The highest BCUT2D eigenvalue weighted by molar-refractivity contribution is 9.10. The number of unbranched alkanes of at least 4 members (excludes halogenated alkanes) is 1. The maximum Gasteiger partial charge on any atom is 0.409 e. The molecular formula is C19H25BrF3N3O2. The number of amides is 1. The zero-order chi connectivity index (χ0) is 20.4. The van der Waals surface area contributed by atoms with Crippen molar-refractivity contribution in [3.05, 3.63) is 28.5 Å². The Morgan fingerprint density at radius 3 is 2.71 bits per heavy atom. The molecule has 0 aliphatic carbocycles. The number of hydrogen-bond donors (Lipinski definition) is 0. The van der Waals surface area contributed by atoms with E-state index in [0.717, 1.165) is 19.3 Å². The summed E-state index contributed by atoms with van der Waals surface area (Å²) in [5.41, 5.74) is -0.288. The van der Waals surface area contributed by atoms with Crippen molar-refractivity contribution in [1.29, 1.82) is 0 Å². The SMILES string of the molecule is CCCCOC(=O)N1CC2(CCCN(C(c3ccc(Br)cn3)C(F)(F)F)C2)C1. The number of hydrogen-bond acceptors (Lipinski definition) is 4. The maximum absolute atomic E-state index is 13.9. The zero-order valence-electron chi connectivity index (χ0n) is 15.8. The Balaban J connectivity index is 1.66. The van der Waals surface area contributed by atoms with E-state index in [0.29, 0.717) is 43.7 Å². The van der Waals surface area contributed by atoms with Gasteiger partial charge in [-0.05, 0) is 53.9 Å². The third kappa shape index (κ3) is 4.79. The lowest BCUT2D eigenvalue weighted by molar-refractivity contribution is -0.200. The molecule has 3 heterocycles. The summed E-state index contributed by atoms with van der Waals surface area (Å²) in [5, 5.41) is 0. The van der Waals surface area contributed by atoms with Crippen LogP contribution in [0.4, 0.5) is 18.0 Å². The van der Waals surface area contributed by atoms with Gasteiger partial charge in [0.2, 0.25) is 0 Å². The molecule has 3 rings (SSSR count). The minimum Gasteiger partial charge on any atom is -0.449 e. The summed E-state index contributed by atoms with van der Waals surface area (Å²) in [7, 11) is 0. The smallest absolute Gasteiger partial charge is 0.409 e. The largest absolute Gasteiger partial charge is 0.449 e. The fraction of sp³-hybridized carbons (Fsp3) is 0.684. The van der Waals surface area contributed by atoms with E-state index in [1.54, 1.807) is 11.0 Å². The molecule has 0 saturated carbocycles. The topological polar surface area (TPSA) is 45.7 Å². The number of carbonyl (C=O) groups is 1. The molecule has 9 heteroatoms. The number of rotatable bonds is 5. The first-order valence-electron chi connectivity index (χ1n) is 9.58. The van der Waals surface area contributed by atoms with E-state index in [2.05, 4.69) is 20.9 Å². The van der Waals surface area contributed by atoms with E-state index in [4.69, 9.17) is 4.74 Å². The van der Waals surface area contributed by atoms with Gasteiger partial charge < -0.3 is 9.64 Å². The molecule has 1 aromatic heterocycles. The lowest BCUT2D eigenvalue weighted by atomic mass is 9.73. The predicted octanol–water partition coefficient (Wildman–Crippen LogP) is 4.78. The van der Waals surface area contributed by atoms with Crippen molar-refractivity contribution in [2.45, 2.75) is 44.8 Å². The second-order valence-corrected chi connectivity index (χ2v) is 8.66. The average Bonchev–Trinajstić information content (AvgIpc) is 2.61. The van der Waals surface area contributed by atoms with Crippen LogP contribution in [-0.2, 0) is 4.74 Å². The molecule has 1 unspecified atom stereocenters. The highest BCUT2D eigenvalue weighted by Crippen LogP contribution is 2.45. The summed E-state index contributed by atoms with van der Waals surface area (Å²) in [4.78, 5) is 19.1. The van der Waals surface area contributed by atoms with E-state index in [9.17, 15) is 18.0 Å². The molecule has 5 nitrogen and oxygen atoms in total. The summed E-state index contributed by atoms with van der Waals surface area (Å²) in [6.45, 7) is 3.97. The number of pyridine rings is 1. The summed E-state index contributed by atoms with van der Waals surface area (Å²) >= 11 is 3.22. The van der Waals surface area contributed by atoms with Gasteiger partial charge in [0.25, 0.3) is 0 Å². The fourth-order valence-corrected chi connectivity index (χ4v) is 4.36. The highest BCUT2D eigenvalue weighted by atomic mass is 79.9. The third-order valence-corrected chi connectivity index (χ3v) is 5.90. The zero-order valence-corrected chi connectivity index (χ0v) is 17.4. The van der Waals surface area contributed by atoms with E-state index in [1.807, 2.05) is 6.92 Å². The number of halogens is 4. The van der Waals surface area contributed by atoms with Crippen LogP contribution < -0.4 is 0 Å². The number of ether oxygens (including phenoxy) is 1. The van der Waals surface area contributed by atoms with Gasteiger partial charge in [-0.15, -0.1) is 0 Å². The first-order chi connectivity index (χ1) is 13.2. The van der Waals surface area contributed by atoms with Gasteiger partial charge in [0.15, 0.2) is 0 Å². The van der Waals surface area contributed by atoms with Crippen molar-refractivity contribution in [2.75, 3.05) is 32.8 Å². The van der Waals surface area contributed by atoms with E-state index >= 15 is 0 Å². The Morgan fingerprint density at radius 2 is 2.11 bits per heavy atom. The molecule has 1 aromatic rings. The van der Waals surface area contributed by atoms with Crippen LogP contribution >= 0.6 is 15.9 Å². The van der Waals surface area contributed by atoms with Gasteiger partial charge in [0.05, 0.1) is 12.3 Å². The molecule has 2 fully saturated rings. The second-order valence-electron chi connectivity index (χ2n) is 7.74. The first kappa shape index (κ1) is 21.4. The van der Waals surface area contributed by atoms with Crippen molar-refractivity contribution in [1.82, 2.24) is 14.8 Å². The molecule has 0 N–H and O–H groups in total. The second kappa shape index (κ2) is 8.57. The van der Waals surface area contributed by atoms with Crippen LogP contribution in [0.25, 0.3) is 0 Å². The Hall–Kier alpha value is -1.35. The van der Waals surface area contributed by atoms with Crippen LogP contribution in [0, 0.1) is 5.41 Å². The number of alkyl halides is 3. The standard InChI is InChI=1S/C19H25BrF3N3O2/c1-2-3-9-28-17(27)26-12-18(13-26)7-4-8-25(11-18)16(19(21,22)23)15-6-5-14(20)10-24-15/h5-6,10,16H,2-4,7-9,11-13H2,1H3. The Morgan fingerprint density at radius 1 is 1.36 bits per heavy atom. The van der Waals surface area contributed by atoms with Crippen LogP contribution in [0.3, 0.4) is 0 Å². The van der Waals surface area contributed by atoms with Gasteiger partial charge >= 0.3 is 12.3 Å². The van der Waals surface area contributed by atoms with Crippen LogP contribution in [0.2, 0.25) is 0 Å². The van der Waals surface area contributed by atoms with Crippen LogP contribution in [0.1, 0.15) is 44.3 Å². The molecular weight excluding hydrogens is 439 g/mol. The summed E-state index contributed by atoms with van der Waals surface area (Å²) < 4.78 is 47.4. The monoisotopic (exact) mass is 463 g/mol. The van der Waals surface area contributed by atoms with Crippen molar-refractivity contribution in [2.24, 2.45) is 5.41 Å². The summed E-state index contributed by atoms with van der Waals surface area (Å²) in [5.74, 6) is 0. The van der Waals surface area contributed by atoms with Crippen molar-refractivity contribution >= 4 is 22.0 Å². The van der Waals surface area contributed by atoms with E-state index < -0.39 is 12.2 Å². The first-order valence-corrected chi connectivity index (χ1v) is 10.4. The lowest BCUT2D eigenvalue weighted by Crippen LogP contribution is -2.65. The summed E-state index contributed by atoms with van der Waals surface area (Å²) in [6, 6.07) is 1.27. The molecule has 156 valence electrons. The molecule has 28 heavy (non-hydrogen) atoms. The number of carbonyl (C=O) groups excluding carboxylic acids is 1. The quantitative estimate of drug-likeness (QED) is 0.589. The number of likely N-dealkylation sites (tertiary alicyclic amines) is 2. The van der Waals surface area contributed by atoms with Gasteiger partial charge in [0.1, 0.15) is 6.04 Å². The number of piperidine rings is 1. The van der Waals surface area contributed by atoms with Gasteiger partial charge in [-0.1, -0.05) is 13.3 Å². The molecule has 2 saturated heterocycles. The van der Waals surface area contributed by atoms with Gasteiger partial charge in [-0.3, -0.25) is 9.88 Å². The minimum atomic E-state index is -4.41. The Bertz CT molecular complexity index is 678. The predicted molar refractivity (Wildman–Crippen MR) is 102 cm³/mol. The Labute approximate surface area is 171 Å². The molecule has 1 atom stereocenters. The molecule has 2 aliphatic heterocycles. The number of nitrogens with zero attached hydrogens (tertiary/aromatic N) is 3. The molecule has 1 spiro atoms. The van der Waals surface area contributed by atoms with E-state index in [-0.39, 0.29) is 17.2 Å². The van der Waals surface area contributed by atoms with Gasteiger partial charge in [-0.2, -0.15) is 13.2 Å². The average molecular weight is 464 g/mol. The highest BCUT2D eigenvalue weighted by Gasteiger charge is 2.53. The van der Waals surface area contributed by atoms with Crippen molar-refractivity contribution < 1.29 is 22.7 Å². The fourth-order valence-electron chi connectivity index (χ4n) is 4.12. The van der Waals surface area contributed by atoms with Gasteiger partial charge in [-0.25, -0.2) is 4.79 Å². The molecule has 1 amide bonds. The normalized spacial score (nSPS) is 20.7. The molecule has 0 aromatic carbocycles. The molecule has 2 aliphatic rings. The van der Waals surface area contributed by atoms with Crippen LogP contribution in [0.5, 0.6) is 0 Å². The van der Waals surface area contributed by atoms with Crippen LogP contribution in [0.15, 0.2) is 22.8 Å². The summed E-state index contributed by atoms with van der Waals surface area (Å²) in [6.07, 6.45) is -0.144. The van der Waals surface area contributed by atoms with Gasteiger partial charge in [0, 0.05) is 35.7 Å². The maximum atomic E-state index is 13.9. The molecule has 0 bridgehead atoms. The minimum absolute atomic E-state index is 0.00269. The Kier molecular flexibility index (Phi) is 6.54. The van der Waals surface area contributed by atoms with Crippen LogP contribution in [-0.4, -0.2) is 59.8 Å². The molecule has 0 radical (unpaired) electrons.